The van der Waals surface area contributed by atoms with Gasteiger partial charge >= 0.3 is 12.1 Å². The number of carbonyl (C=O) groups is 3. The Bertz CT molecular complexity index is 616. The molecule has 2 N–H and O–H groups in total. The van der Waals surface area contributed by atoms with Crippen molar-refractivity contribution in [2.45, 2.75) is 46.4 Å². The van der Waals surface area contributed by atoms with E-state index >= 15 is 0 Å². The van der Waals surface area contributed by atoms with E-state index in [1.54, 1.807) is 0 Å². The number of hydrogen-bond acceptors (Lipinski definition) is 6. The van der Waals surface area contributed by atoms with Gasteiger partial charge in [-0.05, 0) is 17.4 Å². The fourth-order valence-electron chi connectivity index (χ4n) is 2.55. The first kappa shape index (κ1) is 22.6. The molecule has 2 atom stereocenters. The third-order valence-corrected chi connectivity index (χ3v) is 4.12. The van der Waals surface area contributed by atoms with Crippen molar-refractivity contribution in [1.29, 1.82) is 0 Å². The van der Waals surface area contributed by atoms with Crippen molar-refractivity contribution in [3.63, 3.8) is 0 Å². The highest BCUT2D eigenvalue weighted by Crippen LogP contribution is 2.07. The number of esters is 1. The van der Waals surface area contributed by atoms with Crippen LogP contribution < -0.4 is 10.6 Å². The molecule has 1 aromatic carbocycles. The second kappa shape index (κ2) is 11.3. The highest BCUT2D eigenvalue weighted by atomic mass is 16.5. The van der Waals surface area contributed by atoms with Gasteiger partial charge in [-0.15, -0.1) is 0 Å². The summed E-state index contributed by atoms with van der Waals surface area (Å²) < 4.78 is 9.93. The van der Waals surface area contributed by atoms with Crippen molar-refractivity contribution in [2.24, 2.45) is 11.8 Å². The Kier molecular flexibility index (Phi) is 9.50. The van der Waals surface area contributed by atoms with Crippen LogP contribution in [0.5, 0.6) is 0 Å². The second-order valence-corrected chi connectivity index (χ2v) is 7.02. The van der Waals surface area contributed by atoms with Crippen molar-refractivity contribution < 1.29 is 23.9 Å². The smallest absolute Gasteiger partial charge is 0.408 e. The number of benzene rings is 1. The number of hydrogen-bond donors (Lipinski definition) is 2. The molecule has 1 rings (SSSR count). The summed E-state index contributed by atoms with van der Waals surface area (Å²) in [7, 11) is 1.31. The minimum Gasteiger partial charge on any atom is -0.468 e. The molecule has 0 aliphatic carbocycles. The van der Waals surface area contributed by atoms with Crippen molar-refractivity contribution in [2.75, 3.05) is 13.7 Å². The van der Waals surface area contributed by atoms with E-state index in [1.807, 2.05) is 58.0 Å². The molecule has 0 aliphatic heterocycles. The predicted octanol–water partition coefficient (Wildman–Crippen LogP) is 2.29. The third kappa shape index (κ3) is 7.78. The van der Waals surface area contributed by atoms with E-state index < -0.39 is 24.1 Å². The number of Topliss-reactive ketones (excluding diaryl/α,β-unsaturated/α-hetero) is 1. The van der Waals surface area contributed by atoms with E-state index in [0.717, 1.165) is 5.56 Å². The molecule has 0 saturated heterocycles. The first-order chi connectivity index (χ1) is 12.8. The maximum atomic E-state index is 12.5. The van der Waals surface area contributed by atoms with Crippen LogP contribution in [0.4, 0.5) is 4.79 Å². The molecule has 1 amide bonds. The maximum absolute atomic E-state index is 12.5. The summed E-state index contributed by atoms with van der Waals surface area (Å²) in [6.45, 7) is 7.46. The predicted molar refractivity (Wildman–Crippen MR) is 102 cm³/mol. The molecule has 27 heavy (non-hydrogen) atoms. The lowest BCUT2D eigenvalue weighted by molar-refractivity contribution is -0.144. The molecule has 150 valence electrons. The first-order valence-electron chi connectivity index (χ1n) is 9.07. The van der Waals surface area contributed by atoms with Crippen LogP contribution in [0.1, 0.15) is 33.3 Å². The van der Waals surface area contributed by atoms with E-state index in [2.05, 4.69) is 10.6 Å². The van der Waals surface area contributed by atoms with Gasteiger partial charge in [-0.3, -0.25) is 14.9 Å². The Morgan fingerprint density at radius 1 is 0.963 bits per heavy atom. The van der Waals surface area contributed by atoms with Gasteiger partial charge in [0, 0.05) is 0 Å². The van der Waals surface area contributed by atoms with Crippen molar-refractivity contribution in [3.05, 3.63) is 35.9 Å². The van der Waals surface area contributed by atoms with Crippen LogP contribution in [0.25, 0.3) is 0 Å². The Hall–Kier alpha value is -2.41. The van der Waals surface area contributed by atoms with Crippen LogP contribution in [0, 0.1) is 11.8 Å². The van der Waals surface area contributed by atoms with Crippen molar-refractivity contribution in [1.82, 2.24) is 10.6 Å². The molecule has 0 radical (unpaired) electrons. The van der Waals surface area contributed by atoms with Gasteiger partial charge in [0.05, 0.1) is 19.7 Å². The Morgan fingerprint density at radius 2 is 1.56 bits per heavy atom. The minimum absolute atomic E-state index is 0.0356. The van der Waals surface area contributed by atoms with E-state index in [0.29, 0.717) is 0 Å². The Balaban J connectivity index is 2.59. The first-order valence-corrected chi connectivity index (χ1v) is 9.07. The van der Waals surface area contributed by atoms with Crippen LogP contribution in [0.15, 0.2) is 30.3 Å². The molecule has 7 nitrogen and oxygen atoms in total. The number of carbonyl (C=O) groups excluding carboxylic acids is 3. The molecular formula is C20H30N2O5. The number of ether oxygens (including phenoxy) is 2. The zero-order valence-electron chi connectivity index (χ0n) is 16.7. The van der Waals surface area contributed by atoms with Gasteiger partial charge in [-0.1, -0.05) is 58.0 Å². The fourth-order valence-corrected chi connectivity index (χ4v) is 2.55. The van der Waals surface area contributed by atoms with E-state index in [1.165, 1.54) is 7.11 Å². The molecule has 0 spiro atoms. The summed E-state index contributed by atoms with van der Waals surface area (Å²) in [6.07, 6.45) is -0.653. The quantitative estimate of drug-likeness (QED) is 0.607. The molecule has 1 aromatic rings. The lowest BCUT2D eigenvalue weighted by Crippen LogP contribution is -2.51. The molecule has 0 bridgehead atoms. The van der Waals surface area contributed by atoms with Gasteiger partial charge in [0.15, 0.2) is 5.78 Å². The van der Waals surface area contributed by atoms with Crippen LogP contribution in [-0.2, 0) is 25.7 Å². The van der Waals surface area contributed by atoms with Crippen LogP contribution in [-0.4, -0.2) is 43.6 Å². The zero-order chi connectivity index (χ0) is 20.4. The lowest BCUT2D eigenvalue weighted by Gasteiger charge is -2.24. The van der Waals surface area contributed by atoms with Gasteiger partial charge in [0.2, 0.25) is 0 Å². The van der Waals surface area contributed by atoms with E-state index in [4.69, 9.17) is 9.47 Å². The molecule has 7 heteroatoms. The Labute approximate surface area is 160 Å². The zero-order valence-corrected chi connectivity index (χ0v) is 16.7. The monoisotopic (exact) mass is 378 g/mol. The van der Waals surface area contributed by atoms with Crippen LogP contribution >= 0.6 is 0 Å². The number of amides is 1. The summed E-state index contributed by atoms with van der Waals surface area (Å²) >= 11 is 0. The summed E-state index contributed by atoms with van der Waals surface area (Å²) in [6, 6.07) is 7.98. The molecular weight excluding hydrogens is 348 g/mol. The third-order valence-electron chi connectivity index (χ3n) is 4.12. The number of methoxy groups -OCH3 is 1. The van der Waals surface area contributed by atoms with Gasteiger partial charge < -0.3 is 14.8 Å². The van der Waals surface area contributed by atoms with Gasteiger partial charge in [-0.25, -0.2) is 4.79 Å². The van der Waals surface area contributed by atoms with E-state index in [9.17, 15) is 14.4 Å². The molecule has 0 saturated carbocycles. The number of rotatable bonds is 10. The topological polar surface area (TPSA) is 93.7 Å². The number of alkyl carbamates (subject to hydrolysis) is 1. The molecule has 0 unspecified atom stereocenters. The summed E-state index contributed by atoms with van der Waals surface area (Å²) in [5, 5.41) is 5.54. The Morgan fingerprint density at radius 3 is 2.07 bits per heavy atom. The minimum atomic E-state index is -0.716. The highest BCUT2D eigenvalue weighted by Gasteiger charge is 2.28. The molecule has 0 heterocycles. The molecule has 0 fully saturated rings. The number of ketones is 1. The molecule has 0 aliphatic rings. The van der Waals surface area contributed by atoms with Crippen molar-refractivity contribution in [3.8, 4) is 0 Å². The number of nitrogens with one attached hydrogen (secondary N) is 2. The average Bonchev–Trinajstić information content (AvgIpc) is 2.64. The second-order valence-electron chi connectivity index (χ2n) is 7.02. The molecule has 0 aromatic heterocycles. The standard InChI is InChI=1S/C20H30N2O5/c1-13(2)17(16(23)11-21-18(14(3)4)19(24)26-5)22-20(25)27-12-15-9-7-6-8-10-15/h6-10,13-14,17-18,21H,11-12H2,1-5H3,(H,22,25)/t17-,18-/m0/s1. The summed E-state index contributed by atoms with van der Waals surface area (Å²) in [5.74, 6) is -0.809. The normalized spacial score (nSPS) is 13.1. The largest absolute Gasteiger partial charge is 0.468 e. The highest BCUT2D eigenvalue weighted by molar-refractivity contribution is 5.89. The van der Waals surface area contributed by atoms with Gasteiger partial charge in [0.25, 0.3) is 0 Å². The van der Waals surface area contributed by atoms with Crippen molar-refractivity contribution >= 4 is 17.8 Å². The van der Waals surface area contributed by atoms with Gasteiger partial charge in [0.1, 0.15) is 12.6 Å². The lowest BCUT2D eigenvalue weighted by atomic mass is 9.99. The van der Waals surface area contributed by atoms with Crippen LogP contribution in [0.2, 0.25) is 0 Å². The average molecular weight is 378 g/mol. The fraction of sp³-hybridized carbons (Fsp3) is 0.550. The van der Waals surface area contributed by atoms with Crippen LogP contribution in [0.3, 0.4) is 0 Å². The summed E-state index contributed by atoms with van der Waals surface area (Å²) in [4.78, 5) is 36.4. The van der Waals surface area contributed by atoms with Gasteiger partial charge in [-0.2, -0.15) is 0 Å². The summed E-state index contributed by atoms with van der Waals surface area (Å²) in [5.41, 5.74) is 0.861. The maximum Gasteiger partial charge on any atom is 0.408 e. The van der Waals surface area contributed by atoms with E-state index in [-0.39, 0.29) is 30.8 Å². The SMILES string of the molecule is COC(=O)[C@@H](NCC(=O)[C@@H](NC(=O)OCc1ccccc1)C(C)C)C(C)C.